The highest BCUT2D eigenvalue weighted by molar-refractivity contribution is 6.15. The lowest BCUT2D eigenvalue weighted by molar-refractivity contribution is 0.0294. The SMILES string of the molecule is CN(C)c1ccc(C(=NNc2cccc3ccccc23)c2ccc(N(C)C)c(N(O)O)c2)cc1N([O-])[O-]. The monoisotopic (exact) mass is 500 g/mol. The molecule has 3 N–H and O–H groups in total. The Morgan fingerprint density at radius 2 is 1.27 bits per heavy atom. The number of hydrogen-bond acceptors (Lipinski definition) is 10. The van der Waals surface area contributed by atoms with Crippen LogP contribution in [0.4, 0.5) is 28.4 Å². The second-order valence-corrected chi connectivity index (χ2v) is 8.84. The van der Waals surface area contributed by atoms with E-state index in [2.05, 4.69) is 10.5 Å². The Morgan fingerprint density at radius 1 is 0.703 bits per heavy atom. The van der Waals surface area contributed by atoms with Crippen LogP contribution in [0.3, 0.4) is 0 Å². The van der Waals surface area contributed by atoms with Crippen molar-refractivity contribution in [1.29, 1.82) is 0 Å². The number of hydrazone groups is 1. The summed E-state index contributed by atoms with van der Waals surface area (Å²) in [4.78, 5) is 3.41. The van der Waals surface area contributed by atoms with Crippen LogP contribution >= 0.6 is 0 Å². The maximum Gasteiger partial charge on any atom is 0.118 e. The van der Waals surface area contributed by atoms with Crippen molar-refractivity contribution >= 4 is 44.9 Å². The molecule has 0 saturated heterocycles. The van der Waals surface area contributed by atoms with Gasteiger partial charge in [0.2, 0.25) is 0 Å². The van der Waals surface area contributed by atoms with Gasteiger partial charge in [-0.25, -0.2) is 0 Å². The average Bonchev–Trinajstić information content (AvgIpc) is 2.88. The molecule has 4 aromatic rings. The first-order chi connectivity index (χ1) is 17.7. The van der Waals surface area contributed by atoms with Gasteiger partial charge in [0.15, 0.2) is 0 Å². The van der Waals surface area contributed by atoms with Crippen LogP contribution in [-0.4, -0.2) is 44.3 Å². The fourth-order valence-electron chi connectivity index (χ4n) is 4.14. The van der Waals surface area contributed by atoms with Gasteiger partial charge in [0.25, 0.3) is 0 Å². The Hall–Kier alpha value is -4.35. The average molecular weight is 501 g/mol. The van der Waals surface area contributed by atoms with Gasteiger partial charge in [0.05, 0.1) is 22.8 Å². The molecule has 0 unspecified atom stereocenters. The fraction of sp³-hybridized carbons (Fsp3) is 0.148. The molecule has 0 aliphatic heterocycles. The number of nitrogens with one attached hydrogen (secondary N) is 1. The highest BCUT2D eigenvalue weighted by Crippen LogP contribution is 2.33. The molecule has 0 heterocycles. The van der Waals surface area contributed by atoms with Crippen LogP contribution in [0, 0.1) is 10.4 Å². The quantitative estimate of drug-likeness (QED) is 0.220. The predicted molar refractivity (Wildman–Crippen MR) is 150 cm³/mol. The van der Waals surface area contributed by atoms with E-state index in [-0.39, 0.29) is 16.6 Å². The highest BCUT2D eigenvalue weighted by Gasteiger charge is 2.17. The third-order valence-electron chi connectivity index (χ3n) is 5.95. The molecule has 0 spiro atoms. The summed E-state index contributed by atoms with van der Waals surface area (Å²) < 4.78 is 0. The van der Waals surface area contributed by atoms with Crippen molar-refractivity contribution in [3.05, 3.63) is 100 Å². The number of rotatable bonds is 8. The first kappa shape index (κ1) is 25.7. The molecule has 4 rings (SSSR count). The van der Waals surface area contributed by atoms with Gasteiger partial charge < -0.3 is 25.4 Å². The molecular formula is C27H28N6O4-2. The fourth-order valence-corrected chi connectivity index (χ4v) is 4.14. The van der Waals surface area contributed by atoms with E-state index < -0.39 is 5.23 Å². The molecular weight excluding hydrogens is 472 g/mol. The minimum atomic E-state index is -0.432. The van der Waals surface area contributed by atoms with E-state index in [9.17, 15) is 20.8 Å². The van der Waals surface area contributed by atoms with Gasteiger partial charge in [-0.15, -0.1) is 5.23 Å². The maximum absolute atomic E-state index is 11.9. The number of fused-ring (bicyclic) bond motifs is 1. The van der Waals surface area contributed by atoms with E-state index in [4.69, 9.17) is 0 Å². The second kappa shape index (κ2) is 10.7. The number of anilines is 5. The Balaban J connectivity index is 1.90. The minimum absolute atomic E-state index is 0.0478. The zero-order valence-electron chi connectivity index (χ0n) is 21.0. The first-order valence-corrected chi connectivity index (χ1v) is 11.4. The van der Waals surface area contributed by atoms with E-state index in [0.717, 1.165) is 16.5 Å². The van der Waals surface area contributed by atoms with E-state index in [1.54, 1.807) is 68.3 Å². The third kappa shape index (κ3) is 5.42. The lowest BCUT2D eigenvalue weighted by atomic mass is 10.00. The molecule has 37 heavy (non-hydrogen) atoms. The van der Waals surface area contributed by atoms with Gasteiger partial charge in [-0.1, -0.05) is 48.5 Å². The lowest BCUT2D eigenvalue weighted by Crippen LogP contribution is -2.19. The van der Waals surface area contributed by atoms with Crippen LogP contribution in [-0.2, 0) is 0 Å². The summed E-state index contributed by atoms with van der Waals surface area (Å²) in [6.07, 6.45) is 0. The van der Waals surface area contributed by atoms with Crippen LogP contribution in [0.25, 0.3) is 10.8 Å². The Labute approximate surface area is 214 Å². The van der Waals surface area contributed by atoms with Crippen molar-refractivity contribution in [3.8, 4) is 0 Å². The Kier molecular flexibility index (Phi) is 7.46. The molecule has 10 nitrogen and oxygen atoms in total. The van der Waals surface area contributed by atoms with Gasteiger partial charge in [-0.3, -0.25) is 15.8 Å². The molecule has 0 aliphatic carbocycles. The first-order valence-electron chi connectivity index (χ1n) is 11.4. The molecule has 0 aromatic heterocycles. The summed E-state index contributed by atoms with van der Waals surface area (Å²) in [5.41, 5.74) is 6.32. The van der Waals surface area contributed by atoms with Gasteiger partial charge >= 0.3 is 0 Å². The predicted octanol–water partition coefficient (Wildman–Crippen LogP) is 5.22. The van der Waals surface area contributed by atoms with E-state index in [0.29, 0.717) is 28.2 Å². The van der Waals surface area contributed by atoms with Crippen LogP contribution < -0.4 is 25.7 Å². The summed E-state index contributed by atoms with van der Waals surface area (Å²) >= 11 is 0. The molecule has 0 saturated carbocycles. The molecule has 4 aromatic carbocycles. The number of nitrogens with zero attached hydrogens (tertiary/aromatic N) is 5. The lowest BCUT2D eigenvalue weighted by Gasteiger charge is -2.40. The van der Waals surface area contributed by atoms with Crippen molar-refractivity contribution in [1.82, 2.24) is 0 Å². The molecule has 0 aliphatic rings. The summed E-state index contributed by atoms with van der Waals surface area (Å²) in [7, 11) is 7.04. The molecule has 0 atom stereocenters. The standard InChI is InChI=1S/C27H28N6O4/c1-30(2)23-14-12-19(16-25(23)32(34)35)27(20-13-15-24(31(3)4)26(17-20)33(36)37)29-28-22-11-7-9-18-8-5-6-10-21(18)22/h5-17,28,34-35H,1-4H3/q-2. The van der Waals surface area contributed by atoms with Gasteiger partial charge in [0.1, 0.15) is 5.69 Å². The van der Waals surface area contributed by atoms with E-state index in [1.807, 2.05) is 42.5 Å². The minimum Gasteiger partial charge on any atom is -0.769 e. The summed E-state index contributed by atoms with van der Waals surface area (Å²) in [6, 6.07) is 23.6. The van der Waals surface area contributed by atoms with Crippen molar-refractivity contribution < 1.29 is 10.4 Å². The summed E-state index contributed by atoms with van der Waals surface area (Å²) in [5, 5.41) is 49.8. The molecule has 0 fully saturated rings. The normalized spacial score (nSPS) is 11.4. The molecule has 10 heteroatoms. The van der Waals surface area contributed by atoms with Crippen LogP contribution in [0.1, 0.15) is 11.1 Å². The number of benzene rings is 4. The summed E-state index contributed by atoms with van der Waals surface area (Å²) in [5.74, 6) is 0. The van der Waals surface area contributed by atoms with Crippen molar-refractivity contribution in [2.75, 3.05) is 53.9 Å². The van der Waals surface area contributed by atoms with E-state index >= 15 is 0 Å². The molecule has 0 bridgehead atoms. The second-order valence-electron chi connectivity index (χ2n) is 8.84. The molecule has 192 valence electrons. The number of hydrogen-bond donors (Lipinski definition) is 3. The van der Waals surface area contributed by atoms with Crippen molar-refractivity contribution in [3.63, 3.8) is 0 Å². The third-order valence-corrected chi connectivity index (χ3v) is 5.95. The van der Waals surface area contributed by atoms with Gasteiger partial charge in [-0.2, -0.15) is 5.10 Å². The smallest absolute Gasteiger partial charge is 0.118 e. The van der Waals surface area contributed by atoms with Gasteiger partial charge in [0, 0.05) is 50.4 Å². The Morgan fingerprint density at radius 3 is 1.86 bits per heavy atom. The molecule has 0 radical (unpaired) electrons. The topological polar surface area (TPSA) is 124 Å². The van der Waals surface area contributed by atoms with E-state index in [1.165, 1.54) is 6.07 Å². The van der Waals surface area contributed by atoms with Crippen molar-refractivity contribution in [2.45, 2.75) is 0 Å². The van der Waals surface area contributed by atoms with Crippen molar-refractivity contribution in [2.24, 2.45) is 5.10 Å². The Bertz CT molecular complexity index is 1370. The van der Waals surface area contributed by atoms with Gasteiger partial charge in [-0.05, 0) is 35.7 Å². The largest absolute Gasteiger partial charge is 0.769 e. The molecule has 0 amide bonds. The highest BCUT2D eigenvalue weighted by atomic mass is 16.8. The zero-order valence-corrected chi connectivity index (χ0v) is 21.0. The zero-order chi connectivity index (χ0) is 26.7. The van der Waals surface area contributed by atoms with Crippen LogP contribution in [0.15, 0.2) is 84.0 Å². The maximum atomic E-state index is 11.9. The summed E-state index contributed by atoms with van der Waals surface area (Å²) in [6.45, 7) is 0. The van der Waals surface area contributed by atoms with Crippen LogP contribution in [0.5, 0.6) is 0 Å². The van der Waals surface area contributed by atoms with Crippen LogP contribution in [0.2, 0.25) is 0 Å².